The lowest BCUT2D eigenvalue weighted by Gasteiger charge is -2.27. The van der Waals surface area contributed by atoms with Gasteiger partial charge in [-0.1, -0.05) is 42.5 Å². The number of benzene rings is 2. The van der Waals surface area contributed by atoms with E-state index in [1.54, 1.807) is 0 Å². The van der Waals surface area contributed by atoms with E-state index >= 15 is 0 Å². The molecule has 4 rings (SSSR count). The van der Waals surface area contributed by atoms with Crippen molar-refractivity contribution in [3.05, 3.63) is 65.9 Å². The van der Waals surface area contributed by atoms with E-state index in [-0.39, 0.29) is 0 Å². The molecule has 26 heavy (non-hydrogen) atoms. The standard InChI is InChI=1S/C21H22N2O3/c1-2-6-17(7-3-1)16-20-21(22-18-8-4-5-9-19(18)26-20)25-15-12-23-10-13-24-14-11-23/h1-9,16H,10-15H2. The average Bonchev–Trinajstić information content (AvgIpc) is 2.70. The summed E-state index contributed by atoms with van der Waals surface area (Å²) < 4.78 is 17.4. The molecule has 1 fully saturated rings. The van der Waals surface area contributed by atoms with E-state index in [1.807, 2.05) is 60.7 Å². The van der Waals surface area contributed by atoms with E-state index in [1.165, 1.54) is 0 Å². The molecule has 2 heterocycles. The molecule has 0 spiro atoms. The van der Waals surface area contributed by atoms with Crippen LogP contribution < -0.4 is 4.74 Å². The van der Waals surface area contributed by atoms with Gasteiger partial charge in [-0.3, -0.25) is 4.90 Å². The zero-order valence-corrected chi connectivity index (χ0v) is 14.6. The van der Waals surface area contributed by atoms with Crippen molar-refractivity contribution >= 4 is 17.7 Å². The minimum Gasteiger partial charge on any atom is -0.474 e. The summed E-state index contributed by atoms with van der Waals surface area (Å²) in [6.07, 6.45) is 1.96. The Morgan fingerprint density at radius 3 is 2.62 bits per heavy atom. The molecule has 5 nitrogen and oxygen atoms in total. The summed E-state index contributed by atoms with van der Waals surface area (Å²) in [5.41, 5.74) is 1.84. The Kier molecular flexibility index (Phi) is 5.28. The van der Waals surface area contributed by atoms with Crippen LogP contribution in [0.15, 0.2) is 65.3 Å². The second kappa shape index (κ2) is 8.17. The largest absolute Gasteiger partial charge is 0.474 e. The predicted octanol–water partition coefficient (Wildman–Crippen LogP) is 3.50. The van der Waals surface area contributed by atoms with Crippen LogP contribution in [0.3, 0.4) is 0 Å². The number of hydrogen-bond acceptors (Lipinski definition) is 5. The molecule has 0 saturated carbocycles. The van der Waals surface area contributed by atoms with Gasteiger partial charge in [-0.2, -0.15) is 0 Å². The monoisotopic (exact) mass is 350 g/mol. The number of rotatable bonds is 4. The van der Waals surface area contributed by atoms with Gasteiger partial charge in [0.05, 0.1) is 13.2 Å². The first-order valence-corrected chi connectivity index (χ1v) is 8.94. The van der Waals surface area contributed by atoms with Crippen molar-refractivity contribution in [2.75, 3.05) is 39.5 Å². The summed E-state index contributed by atoms with van der Waals surface area (Å²) in [5.74, 6) is 1.91. The van der Waals surface area contributed by atoms with Gasteiger partial charge >= 0.3 is 0 Å². The maximum atomic E-state index is 6.06. The molecule has 0 bridgehead atoms. The molecule has 1 saturated heterocycles. The molecule has 2 aromatic carbocycles. The Hall–Kier alpha value is -2.63. The third kappa shape index (κ3) is 4.12. The molecule has 0 radical (unpaired) electrons. The highest BCUT2D eigenvalue weighted by atomic mass is 16.5. The summed E-state index contributed by atoms with van der Waals surface area (Å²) in [4.78, 5) is 7.00. The van der Waals surface area contributed by atoms with Crippen molar-refractivity contribution in [1.29, 1.82) is 0 Å². The Balaban J connectivity index is 1.51. The lowest BCUT2D eigenvalue weighted by molar-refractivity contribution is 0.0314. The van der Waals surface area contributed by atoms with Crippen LogP contribution in [0.5, 0.6) is 5.75 Å². The van der Waals surface area contributed by atoms with E-state index in [9.17, 15) is 0 Å². The van der Waals surface area contributed by atoms with Crippen molar-refractivity contribution in [1.82, 2.24) is 4.90 Å². The SMILES string of the molecule is C(=C1Oc2ccccc2N=C1OCCN1CCOCC1)c1ccccc1. The van der Waals surface area contributed by atoms with Gasteiger partial charge in [0.25, 0.3) is 5.90 Å². The lowest BCUT2D eigenvalue weighted by atomic mass is 10.2. The number of ether oxygens (including phenoxy) is 3. The second-order valence-electron chi connectivity index (χ2n) is 6.21. The van der Waals surface area contributed by atoms with Gasteiger partial charge < -0.3 is 14.2 Å². The highest BCUT2D eigenvalue weighted by Crippen LogP contribution is 2.34. The summed E-state index contributed by atoms with van der Waals surface area (Å²) in [5, 5.41) is 0. The third-order valence-corrected chi connectivity index (χ3v) is 4.37. The summed E-state index contributed by atoms with van der Waals surface area (Å²) in [7, 11) is 0. The minimum absolute atomic E-state index is 0.529. The van der Waals surface area contributed by atoms with Crippen molar-refractivity contribution in [3.63, 3.8) is 0 Å². The fraction of sp³-hybridized carbons (Fsp3) is 0.286. The van der Waals surface area contributed by atoms with E-state index in [0.717, 1.165) is 49.8 Å². The van der Waals surface area contributed by atoms with Crippen LogP contribution in [-0.2, 0) is 9.47 Å². The Labute approximate surface area is 153 Å². The van der Waals surface area contributed by atoms with Gasteiger partial charge in [0, 0.05) is 19.6 Å². The van der Waals surface area contributed by atoms with Crippen molar-refractivity contribution in [3.8, 4) is 5.75 Å². The van der Waals surface area contributed by atoms with Crippen molar-refractivity contribution < 1.29 is 14.2 Å². The van der Waals surface area contributed by atoms with Crippen LogP contribution in [0.2, 0.25) is 0 Å². The topological polar surface area (TPSA) is 43.3 Å². The summed E-state index contributed by atoms with van der Waals surface area (Å²) in [6, 6.07) is 17.8. The molecule has 2 aliphatic rings. The maximum absolute atomic E-state index is 6.06. The Morgan fingerprint density at radius 2 is 1.77 bits per heavy atom. The molecule has 0 atom stereocenters. The summed E-state index contributed by atoms with van der Waals surface area (Å²) >= 11 is 0. The van der Waals surface area contributed by atoms with Crippen LogP contribution in [0, 0.1) is 0 Å². The van der Waals surface area contributed by atoms with Crippen molar-refractivity contribution in [2.45, 2.75) is 0 Å². The quantitative estimate of drug-likeness (QED) is 0.846. The first-order valence-electron chi connectivity index (χ1n) is 8.94. The normalized spacial score (nSPS) is 18.8. The molecule has 2 aliphatic heterocycles. The molecule has 0 amide bonds. The number of hydrogen-bond donors (Lipinski definition) is 0. The highest BCUT2D eigenvalue weighted by Gasteiger charge is 2.21. The van der Waals surface area contributed by atoms with E-state index in [4.69, 9.17) is 14.2 Å². The number of morpholine rings is 1. The molecular weight excluding hydrogens is 328 g/mol. The fourth-order valence-corrected chi connectivity index (χ4v) is 2.95. The van der Waals surface area contributed by atoms with Gasteiger partial charge in [0.1, 0.15) is 12.3 Å². The molecule has 0 aromatic heterocycles. The highest BCUT2D eigenvalue weighted by molar-refractivity contribution is 5.99. The number of para-hydroxylation sites is 2. The predicted molar refractivity (Wildman–Crippen MR) is 102 cm³/mol. The smallest absolute Gasteiger partial charge is 0.258 e. The minimum atomic E-state index is 0.529. The van der Waals surface area contributed by atoms with Gasteiger partial charge in [-0.05, 0) is 23.8 Å². The molecule has 5 heteroatoms. The number of aliphatic imine (C=N–C) groups is 1. The first kappa shape index (κ1) is 16.8. The molecule has 2 aromatic rings. The zero-order valence-electron chi connectivity index (χ0n) is 14.6. The number of nitrogens with zero attached hydrogens (tertiary/aromatic N) is 2. The van der Waals surface area contributed by atoms with Crippen LogP contribution in [0.25, 0.3) is 6.08 Å². The first-order chi connectivity index (χ1) is 12.9. The van der Waals surface area contributed by atoms with Gasteiger partial charge in [-0.15, -0.1) is 0 Å². The van der Waals surface area contributed by atoms with Crippen LogP contribution in [0.1, 0.15) is 5.56 Å². The maximum Gasteiger partial charge on any atom is 0.258 e. The van der Waals surface area contributed by atoms with Crippen molar-refractivity contribution in [2.24, 2.45) is 4.99 Å². The van der Waals surface area contributed by atoms with Crippen LogP contribution in [-0.4, -0.2) is 50.3 Å². The number of fused-ring (bicyclic) bond motifs is 1. The van der Waals surface area contributed by atoms with Crippen LogP contribution in [0.4, 0.5) is 5.69 Å². The van der Waals surface area contributed by atoms with E-state index < -0.39 is 0 Å². The second-order valence-corrected chi connectivity index (χ2v) is 6.21. The van der Waals surface area contributed by atoms with E-state index in [2.05, 4.69) is 9.89 Å². The lowest BCUT2D eigenvalue weighted by Crippen LogP contribution is -2.38. The zero-order chi connectivity index (χ0) is 17.6. The average molecular weight is 350 g/mol. The Morgan fingerprint density at radius 1 is 1.00 bits per heavy atom. The summed E-state index contributed by atoms with van der Waals surface area (Å²) in [6.45, 7) is 4.89. The third-order valence-electron chi connectivity index (χ3n) is 4.37. The molecule has 0 unspecified atom stereocenters. The molecular formula is C21H22N2O3. The fourth-order valence-electron chi connectivity index (χ4n) is 2.95. The Bertz CT molecular complexity index is 796. The molecule has 134 valence electrons. The van der Waals surface area contributed by atoms with E-state index in [0.29, 0.717) is 18.3 Å². The van der Waals surface area contributed by atoms with Gasteiger partial charge in [-0.25, -0.2) is 4.99 Å². The molecule has 0 N–H and O–H groups in total. The van der Waals surface area contributed by atoms with Gasteiger partial charge in [0.2, 0.25) is 0 Å². The molecule has 0 aliphatic carbocycles. The van der Waals surface area contributed by atoms with Crippen LogP contribution >= 0.6 is 0 Å². The van der Waals surface area contributed by atoms with Gasteiger partial charge in [0.15, 0.2) is 11.5 Å².